The molecule has 0 heterocycles. The highest BCUT2D eigenvalue weighted by Gasteiger charge is 2.57. The molecule has 2 bridgehead atoms. The molecular weight excluding hydrogens is 156 g/mol. The first-order chi connectivity index (χ1) is 6.22. The molecule has 3 fully saturated rings. The van der Waals surface area contributed by atoms with Crippen LogP contribution in [0.15, 0.2) is 0 Å². The lowest BCUT2D eigenvalue weighted by Gasteiger charge is -2.47. The van der Waals surface area contributed by atoms with Gasteiger partial charge in [-0.2, -0.15) is 0 Å². The van der Waals surface area contributed by atoms with Crippen molar-refractivity contribution < 1.29 is 0 Å². The maximum absolute atomic E-state index is 2.61. The fraction of sp³-hybridized carbons (Fsp3) is 1.00. The average Bonchev–Trinajstić information content (AvgIpc) is 2.59. The Kier molecular flexibility index (Phi) is 1.61. The van der Waals surface area contributed by atoms with Crippen LogP contribution in [-0.4, -0.2) is 0 Å². The molecule has 0 saturated heterocycles. The van der Waals surface area contributed by atoms with Crippen molar-refractivity contribution in [3.05, 3.63) is 0 Å². The first-order valence-corrected chi connectivity index (χ1v) is 6.22. The van der Waals surface area contributed by atoms with E-state index >= 15 is 0 Å². The van der Waals surface area contributed by atoms with Crippen LogP contribution in [0, 0.1) is 29.1 Å². The van der Waals surface area contributed by atoms with E-state index in [0.717, 1.165) is 29.1 Å². The summed E-state index contributed by atoms with van der Waals surface area (Å²) in [7, 11) is 0. The third-order valence-corrected chi connectivity index (χ3v) is 5.66. The maximum atomic E-state index is 2.61. The fourth-order valence-corrected chi connectivity index (χ4v) is 5.16. The van der Waals surface area contributed by atoms with Gasteiger partial charge < -0.3 is 0 Å². The van der Waals surface area contributed by atoms with E-state index in [1.807, 2.05) is 0 Å². The molecule has 0 aromatic rings. The zero-order valence-corrected chi connectivity index (χ0v) is 9.05. The Balaban J connectivity index is 1.93. The molecule has 0 N–H and O–H groups in total. The van der Waals surface area contributed by atoms with Crippen molar-refractivity contribution in [3.8, 4) is 0 Å². The Morgan fingerprint density at radius 1 is 1.08 bits per heavy atom. The summed E-state index contributed by atoms with van der Waals surface area (Å²) in [6.07, 6.45) is 9.29. The van der Waals surface area contributed by atoms with E-state index in [4.69, 9.17) is 0 Å². The first kappa shape index (κ1) is 8.32. The van der Waals surface area contributed by atoms with Crippen molar-refractivity contribution in [2.75, 3.05) is 0 Å². The minimum absolute atomic E-state index is 0.778. The first-order valence-electron chi connectivity index (χ1n) is 6.22. The molecule has 0 aliphatic heterocycles. The van der Waals surface area contributed by atoms with Gasteiger partial charge in [0.05, 0.1) is 0 Å². The van der Waals surface area contributed by atoms with Crippen molar-refractivity contribution >= 4 is 0 Å². The van der Waals surface area contributed by atoms with Crippen LogP contribution in [0.3, 0.4) is 0 Å². The summed E-state index contributed by atoms with van der Waals surface area (Å²) >= 11 is 0. The van der Waals surface area contributed by atoms with E-state index in [1.165, 1.54) is 12.8 Å². The predicted molar refractivity (Wildman–Crippen MR) is 55.4 cm³/mol. The van der Waals surface area contributed by atoms with Crippen LogP contribution in [0.25, 0.3) is 0 Å². The molecule has 5 unspecified atom stereocenters. The molecule has 0 spiro atoms. The minimum atomic E-state index is 0.778. The Morgan fingerprint density at radius 2 is 1.92 bits per heavy atom. The summed E-state index contributed by atoms with van der Waals surface area (Å²) in [6, 6.07) is 0. The predicted octanol–water partition coefficient (Wildman–Crippen LogP) is 3.86. The summed E-state index contributed by atoms with van der Waals surface area (Å²) < 4.78 is 0. The van der Waals surface area contributed by atoms with Gasteiger partial charge in [-0.15, -0.1) is 0 Å². The van der Waals surface area contributed by atoms with Gasteiger partial charge in [-0.25, -0.2) is 0 Å². The normalized spacial score (nSPS) is 59.5. The molecular formula is C13H22. The second-order valence-electron chi connectivity index (χ2n) is 6.17. The molecule has 0 radical (unpaired) electrons. The number of hydrogen-bond acceptors (Lipinski definition) is 0. The lowest BCUT2D eigenvalue weighted by Crippen LogP contribution is -2.39. The zero-order chi connectivity index (χ0) is 9.05. The highest BCUT2D eigenvalue weighted by Crippen LogP contribution is 2.66. The molecule has 0 heteroatoms. The highest BCUT2D eigenvalue weighted by molar-refractivity contribution is 5.07. The van der Waals surface area contributed by atoms with Crippen molar-refractivity contribution in [3.63, 3.8) is 0 Å². The van der Waals surface area contributed by atoms with Crippen LogP contribution >= 0.6 is 0 Å². The summed E-state index contributed by atoms with van der Waals surface area (Å²) in [5.41, 5.74) is 0.778. The van der Waals surface area contributed by atoms with Gasteiger partial charge in [-0.1, -0.05) is 26.7 Å². The van der Waals surface area contributed by atoms with E-state index < -0.39 is 0 Å². The Labute approximate surface area is 82.1 Å². The van der Waals surface area contributed by atoms with E-state index in [2.05, 4.69) is 13.8 Å². The summed E-state index contributed by atoms with van der Waals surface area (Å²) in [6.45, 7) is 5.11. The SMILES string of the molecule is CC1CC2CC1C1(C)CCCCC21. The topological polar surface area (TPSA) is 0 Å². The Hall–Kier alpha value is 0. The molecule has 0 aromatic carbocycles. The fourth-order valence-electron chi connectivity index (χ4n) is 5.16. The van der Waals surface area contributed by atoms with Crippen LogP contribution in [0.1, 0.15) is 52.4 Å². The number of rotatable bonds is 0. The lowest BCUT2D eigenvalue weighted by atomic mass is 9.58. The molecule has 0 aromatic heterocycles. The van der Waals surface area contributed by atoms with Gasteiger partial charge in [-0.05, 0) is 54.8 Å². The molecule has 3 saturated carbocycles. The monoisotopic (exact) mass is 178 g/mol. The molecule has 0 nitrogen and oxygen atoms in total. The van der Waals surface area contributed by atoms with Crippen molar-refractivity contribution in [2.45, 2.75) is 52.4 Å². The molecule has 0 amide bonds. The van der Waals surface area contributed by atoms with Crippen LogP contribution < -0.4 is 0 Å². The molecule has 3 rings (SSSR count). The zero-order valence-electron chi connectivity index (χ0n) is 9.05. The van der Waals surface area contributed by atoms with Gasteiger partial charge in [0.1, 0.15) is 0 Å². The quantitative estimate of drug-likeness (QED) is 0.528. The van der Waals surface area contributed by atoms with E-state index in [1.54, 1.807) is 25.7 Å². The summed E-state index contributed by atoms with van der Waals surface area (Å²) in [4.78, 5) is 0. The smallest absolute Gasteiger partial charge is 0.0264 e. The summed E-state index contributed by atoms with van der Waals surface area (Å²) in [5, 5.41) is 0. The second kappa shape index (κ2) is 2.52. The van der Waals surface area contributed by atoms with Gasteiger partial charge in [0.25, 0.3) is 0 Å². The maximum Gasteiger partial charge on any atom is -0.0264 e. The molecule has 5 atom stereocenters. The van der Waals surface area contributed by atoms with Crippen LogP contribution in [0.4, 0.5) is 0 Å². The third kappa shape index (κ3) is 0.926. The van der Waals surface area contributed by atoms with E-state index in [9.17, 15) is 0 Å². The lowest BCUT2D eigenvalue weighted by molar-refractivity contribution is 0.0241. The molecule has 74 valence electrons. The van der Waals surface area contributed by atoms with Gasteiger partial charge in [-0.3, -0.25) is 0 Å². The molecule has 3 aliphatic rings. The Morgan fingerprint density at radius 3 is 2.77 bits per heavy atom. The van der Waals surface area contributed by atoms with Crippen molar-refractivity contribution in [1.29, 1.82) is 0 Å². The van der Waals surface area contributed by atoms with Crippen LogP contribution in [0.5, 0.6) is 0 Å². The highest BCUT2D eigenvalue weighted by atomic mass is 14.6. The van der Waals surface area contributed by atoms with Crippen LogP contribution in [-0.2, 0) is 0 Å². The van der Waals surface area contributed by atoms with Gasteiger partial charge >= 0.3 is 0 Å². The molecule has 13 heavy (non-hydrogen) atoms. The van der Waals surface area contributed by atoms with E-state index in [0.29, 0.717) is 0 Å². The van der Waals surface area contributed by atoms with Crippen molar-refractivity contribution in [1.82, 2.24) is 0 Å². The standard InChI is InChI=1S/C13H22/c1-9-7-10-8-12(9)13(2)6-4-3-5-11(10)13/h9-12H,3-8H2,1-2H3. The minimum Gasteiger partial charge on any atom is -0.0622 e. The average molecular weight is 178 g/mol. The third-order valence-electron chi connectivity index (χ3n) is 5.66. The van der Waals surface area contributed by atoms with Crippen LogP contribution in [0.2, 0.25) is 0 Å². The van der Waals surface area contributed by atoms with Crippen molar-refractivity contribution in [2.24, 2.45) is 29.1 Å². The largest absolute Gasteiger partial charge is 0.0622 e. The van der Waals surface area contributed by atoms with Gasteiger partial charge in [0.2, 0.25) is 0 Å². The second-order valence-corrected chi connectivity index (χ2v) is 6.17. The van der Waals surface area contributed by atoms with E-state index in [-0.39, 0.29) is 0 Å². The number of fused-ring (bicyclic) bond motifs is 5. The Bertz CT molecular complexity index is 216. The molecule has 3 aliphatic carbocycles. The van der Waals surface area contributed by atoms with Gasteiger partial charge in [0, 0.05) is 0 Å². The number of hydrogen-bond donors (Lipinski definition) is 0. The van der Waals surface area contributed by atoms with Gasteiger partial charge in [0.15, 0.2) is 0 Å². The summed E-state index contributed by atoms with van der Waals surface area (Å²) in [5.74, 6) is 4.40.